The molecule has 0 amide bonds. The fourth-order valence-corrected chi connectivity index (χ4v) is 1.55. The van der Waals surface area contributed by atoms with Gasteiger partial charge in [-0.2, -0.15) is 8.42 Å². The second-order valence-electron chi connectivity index (χ2n) is 3.73. The quantitative estimate of drug-likeness (QED) is 0.186. The first kappa shape index (κ1) is 28.7. The Kier molecular flexibility index (Phi) is 17.4. The van der Waals surface area contributed by atoms with Crippen molar-refractivity contribution in [3.63, 3.8) is 0 Å². The molecule has 25 heavy (non-hydrogen) atoms. The molecule has 0 bridgehead atoms. The Hall–Kier alpha value is -1.09. The Morgan fingerprint density at radius 3 is 1.24 bits per heavy atom. The average Bonchev–Trinajstić information content (AvgIpc) is 2.53. The molecule has 0 aliphatic heterocycles. The molecular weight excluding hydrogens is 375 g/mol. The Bertz CT molecular complexity index is 596. The summed E-state index contributed by atoms with van der Waals surface area (Å²) in [5.41, 5.74) is -1.07. The summed E-state index contributed by atoms with van der Waals surface area (Å²) in [7, 11) is -4.64. The number of benzene rings is 1. The number of carbonyl (C=O) groups is 2. The van der Waals surface area contributed by atoms with Gasteiger partial charge in [0, 0.05) is 0 Å². The van der Waals surface area contributed by atoms with Gasteiger partial charge in [0.1, 0.15) is 0 Å². The van der Waals surface area contributed by atoms with E-state index in [1.807, 2.05) is 0 Å². The maximum atomic E-state index is 10.8. The predicted molar refractivity (Wildman–Crippen MR) is 79.6 cm³/mol. The Morgan fingerprint density at radius 2 is 1.08 bits per heavy atom. The molecule has 1 aromatic carbocycles. The molecule has 0 atom stereocenters. The van der Waals surface area contributed by atoms with Gasteiger partial charge in [0.05, 0.1) is 42.4 Å². The predicted octanol–water partition coefficient (Wildman–Crippen LogP) is -4.61. The molecular formula is C12H19NaO11S. The summed E-state index contributed by atoms with van der Waals surface area (Å²) in [4.78, 5) is 20.4. The second-order valence-corrected chi connectivity index (χ2v) is 5.15. The van der Waals surface area contributed by atoms with Gasteiger partial charge in [0.2, 0.25) is 0 Å². The van der Waals surface area contributed by atoms with Crippen molar-refractivity contribution in [1.82, 2.24) is 0 Å². The van der Waals surface area contributed by atoms with E-state index in [9.17, 15) is 18.0 Å². The normalized spacial score (nSPS) is 9.48. The minimum Gasteiger partial charge on any atom is -1.00 e. The number of hydrogen-bond donors (Lipinski definition) is 7. The van der Waals surface area contributed by atoms with Crippen LogP contribution in [0.1, 0.15) is 22.1 Å². The first-order valence-electron chi connectivity index (χ1n) is 6.07. The Morgan fingerprint density at radius 1 is 0.800 bits per heavy atom. The summed E-state index contributed by atoms with van der Waals surface area (Å²) in [6.07, 6.45) is 0. The first-order valence-corrected chi connectivity index (χ1v) is 7.51. The van der Waals surface area contributed by atoms with Crippen LogP contribution in [0.4, 0.5) is 0 Å². The topological polar surface area (TPSA) is 210 Å². The molecule has 13 heteroatoms. The van der Waals surface area contributed by atoms with Crippen LogP contribution in [0.2, 0.25) is 0 Å². The molecule has 0 radical (unpaired) electrons. The molecule has 0 spiro atoms. The van der Waals surface area contributed by atoms with Crippen LogP contribution in [0.3, 0.4) is 0 Å². The van der Waals surface area contributed by atoms with Crippen LogP contribution in [0.25, 0.3) is 0 Å². The maximum Gasteiger partial charge on any atom is 1.00 e. The van der Waals surface area contributed by atoms with Crippen molar-refractivity contribution in [2.75, 3.05) is 26.4 Å². The minimum atomic E-state index is -4.64. The number of hydrogen-bond acceptors (Lipinski definition) is 8. The number of rotatable bonds is 5. The Balaban J connectivity index is -0.000000206. The van der Waals surface area contributed by atoms with Gasteiger partial charge in [0.25, 0.3) is 10.1 Å². The summed E-state index contributed by atoms with van der Waals surface area (Å²) in [6, 6.07) is 2.13. The zero-order valence-electron chi connectivity index (χ0n) is 14.2. The van der Waals surface area contributed by atoms with Crippen molar-refractivity contribution in [3.05, 3.63) is 29.3 Å². The van der Waals surface area contributed by atoms with Crippen molar-refractivity contribution < 1.29 is 84.2 Å². The van der Waals surface area contributed by atoms with Crippen LogP contribution in [0.15, 0.2) is 23.1 Å². The van der Waals surface area contributed by atoms with Crippen molar-refractivity contribution in [2.24, 2.45) is 0 Å². The average molecular weight is 394 g/mol. The molecule has 0 unspecified atom stereocenters. The molecule has 1 aromatic rings. The van der Waals surface area contributed by atoms with Gasteiger partial charge < -0.3 is 32.1 Å². The largest absolute Gasteiger partial charge is 1.00 e. The first-order chi connectivity index (χ1) is 11.0. The molecule has 11 nitrogen and oxygen atoms in total. The minimum absolute atomic E-state index is 0. The number of carboxylic acids is 2. The molecule has 0 saturated heterocycles. The number of carboxylic acid groups (broad SMARTS) is 2. The van der Waals surface area contributed by atoms with Crippen LogP contribution in [0, 0.1) is 0 Å². The van der Waals surface area contributed by atoms with Gasteiger partial charge in [0.15, 0.2) is 0 Å². The number of aromatic carboxylic acids is 2. The smallest absolute Gasteiger partial charge is 1.00 e. The number of aliphatic hydroxyl groups is 4. The molecule has 7 N–H and O–H groups in total. The molecule has 0 aromatic heterocycles. The van der Waals surface area contributed by atoms with Crippen molar-refractivity contribution in [3.8, 4) is 0 Å². The summed E-state index contributed by atoms with van der Waals surface area (Å²) in [6.45, 7) is -0.500. The molecule has 0 aliphatic carbocycles. The monoisotopic (exact) mass is 394 g/mol. The van der Waals surface area contributed by atoms with Crippen molar-refractivity contribution in [2.45, 2.75) is 4.90 Å². The van der Waals surface area contributed by atoms with Gasteiger partial charge in [-0.3, -0.25) is 4.55 Å². The molecule has 0 aliphatic rings. The van der Waals surface area contributed by atoms with Gasteiger partial charge >= 0.3 is 41.5 Å². The summed E-state index contributed by atoms with van der Waals surface area (Å²) < 4.78 is 30.2. The second kappa shape index (κ2) is 15.2. The SMILES string of the molecule is O=C(O)c1cc(C(=O)O)cc(S(=O)(=O)O)c1.OCCO.OCCO.[H-].[Na+]. The summed E-state index contributed by atoms with van der Waals surface area (Å²) in [5, 5.41) is 47.7. The number of aliphatic hydroxyl groups excluding tert-OH is 4. The fourth-order valence-electron chi connectivity index (χ4n) is 0.995. The third-order valence-electron chi connectivity index (χ3n) is 1.90. The van der Waals surface area contributed by atoms with Crippen LogP contribution < -0.4 is 29.6 Å². The van der Waals surface area contributed by atoms with E-state index in [-0.39, 0.29) is 57.4 Å². The van der Waals surface area contributed by atoms with Crippen LogP contribution in [-0.4, -0.2) is 82.0 Å². The zero-order valence-corrected chi connectivity index (χ0v) is 16.0. The summed E-state index contributed by atoms with van der Waals surface area (Å²) in [5.74, 6) is -2.99. The molecule has 0 heterocycles. The van der Waals surface area contributed by atoms with Gasteiger partial charge in [-0.05, 0) is 18.2 Å². The van der Waals surface area contributed by atoms with E-state index < -0.39 is 38.1 Å². The van der Waals surface area contributed by atoms with Crippen LogP contribution in [-0.2, 0) is 10.1 Å². The van der Waals surface area contributed by atoms with Crippen molar-refractivity contribution in [1.29, 1.82) is 0 Å². The standard InChI is InChI=1S/C8H6O7S.2C2H6O2.Na.H/c9-7(10)4-1-5(8(11)12)3-6(2-4)16(13,14)15;2*3-1-2-4;;/h1-3H,(H,9,10)(H,11,12)(H,13,14,15);2*3-4H,1-2H2;;/q;;;+1;-1. The van der Waals surface area contributed by atoms with Crippen LogP contribution in [0.5, 0.6) is 0 Å². The van der Waals surface area contributed by atoms with Crippen molar-refractivity contribution >= 4 is 22.1 Å². The van der Waals surface area contributed by atoms with E-state index >= 15 is 0 Å². The molecule has 140 valence electrons. The third-order valence-corrected chi connectivity index (χ3v) is 2.73. The van der Waals surface area contributed by atoms with E-state index in [0.717, 1.165) is 6.07 Å². The maximum absolute atomic E-state index is 10.8. The molecule has 1 rings (SSSR count). The summed E-state index contributed by atoms with van der Waals surface area (Å²) >= 11 is 0. The van der Waals surface area contributed by atoms with Gasteiger partial charge in [-0.1, -0.05) is 0 Å². The zero-order chi connectivity index (χ0) is 19.3. The Labute approximate surface area is 166 Å². The van der Waals surface area contributed by atoms with E-state index in [0.29, 0.717) is 12.1 Å². The molecule has 0 fully saturated rings. The van der Waals surface area contributed by atoms with Gasteiger partial charge in [-0.25, -0.2) is 9.59 Å². The van der Waals surface area contributed by atoms with E-state index in [2.05, 4.69) is 0 Å². The fraction of sp³-hybridized carbons (Fsp3) is 0.333. The van der Waals surface area contributed by atoms with E-state index in [1.165, 1.54) is 0 Å². The third kappa shape index (κ3) is 13.8. The van der Waals surface area contributed by atoms with E-state index in [1.54, 1.807) is 0 Å². The van der Waals surface area contributed by atoms with E-state index in [4.69, 9.17) is 35.2 Å². The molecule has 0 saturated carbocycles. The van der Waals surface area contributed by atoms with Gasteiger partial charge in [-0.15, -0.1) is 0 Å². The van der Waals surface area contributed by atoms with Crippen LogP contribution >= 0.6 is 0 Å².